The zero-order valence-corrected chi connectivity index (χ0v) is 16.6. The van der Waals surface area contributed by atoms with Crippen LogP contribution in [0.3, 0.4) is 0 Å². The van der Waals surface area contributed by atoms with Gasteiger partial charge in [-0.15, -0.1) is 0 Å². The molecule has 1 amide bonds. The second-order valence-electron chi connectivity index (χ2n) is 7.98. The van der Waals surface area contributed by atoms with Gasteiger partial charge in [0.2, 0.25) is 5.91 Å². The second kappa shape index (κ2) is 8.73. The van der Waals surface area contributed by atoms with Crippen molar-refractivity contribution < 1.29 is 9.53 Å². The highest BCUT2D eigenvalue weighted by atomic mass is 16.5. The van der Waals surface area contributed by atoms with Gasteiger partial charge in [-0.2, -0.15) is 5.10 Å². The van der Waals surface area contributed by atoms with E-state index in [-0.39, 0.29) is 23.4 Å². The molecule has 2 aliphatic rings. The maximum absolute atomic E-state index is 12.7. The Morgan fingerprint density at radius 1 is 1.31 bits per heavy atom. The van der Waals surface area contributed by atoms with Crippen LogP contribution in [-0.4, -0.2) is 51.7 Å². The fourth-order valence-electron chi connectivity index (χ4n) is 3.62. The van der Waals surface area contributed by atoms with E-state index in [0.29, 0.717) is 11.7 Å². The van der Waals surface area contributed by atoms with Crippen LogP contribution in [-0.2, 0) is 4.79 Å². The Bertz CT molecular complexity index is 873. The lowest BCUT2D eigenvalue weighted by molar-refractivity contribution is -0.121. The molecule has 2 unspecified atom stereocenters. The quantitative estimate of drug-likeness (QED) is 0.743. The molecule has 2 atom stereocenters. The summed E-state index contributed by atoms with van der Waals surface area (Å²) in [4.78, 5) is 30.4. The van der Waals surface area contributed by atoms with Gasteiger partial charge >= 0.3 is 0 Å². The van der Waals surface area contributed by atoms with Crippen molar-refractivity contribution in [2.75, 3.05) is 25.0 Å². The maximum atomic E-state index is 12.7. The number of aromatic nitrogens is 3. The minimum Gasteiger partial charge on any atom is -0.492 e. The van der Waals surface area contributed by atoms with Crippen molar-refractivity contribution in [1.82, 2.24) is 20.1 Å². The molecule has 29 heavy (non-hydrogen) atoms. The number of rotatable bonds is 7. The average Bonchev–Trinajstić information content (AvgIpc) is 3.58. The monoisotopic (exact) mass is 397 g/mol. The van der Waals surface area contributed by atoms with Crippen LogP contribution in [0.15, 0.2) is 35.3 Å². The van der Waals surface area contributed by atoms with Crippen molar-refractivity contribution in [2.24, 2.45) is 5.92 Å². The third-order valence-corrected chi connectivity index (χ3v) is 5.67. The van der Waals surface area contributed by atoms with Gasteiger partial charge in [0.15, 0.2) is 0 Å². The zero-order valence-electron chi connectivity index (χ0n) is 16.6. The number of hydrogen-bond donors (Lipinski definition) is 2. The normalized spacial score (nSPS) is 20.8. The number of carbonyl (C=O) groups is 1. The van der Waals surface area contributed by atoms with E-state index in [0.717, 1.165) is 44.0 Å². The van der Waals surface area contributed by atoms with Crippen molar-refractivity contribution in [2.45, 2.75) is 44.6 Å². The molecule has 2 fully saturated rings. The first-order valence-electron chi connectivity index (χ1n) is 10.3. The Morgan fingerprint density at radius 3 is 2.86 bits per heavy atom. The molecule has 4 rings (SSSR count). The Kier molecular flexibility index (Phi) is 5.89. The van der Waals surface area contributed by atoms with E-state index in [4.69, 9.17) is 4.74 Å². The second-order valence-corrected chi connectivity index (χ2v) is 7.98. The molecule has 0 radical (unpaired) electrons. The van der Waals surface area contributed by atoms with Gasteiger partial charge < -0.3 is 10.1 Å². The fraction of sp³-hybridized carbons (Fsp3) is 0.524. The minimum absolute atomic E-state index is 0.0840. The van der Waals surface area contributed by atoms with Crippen LogP contribution >= 0.6 is 0 Å². The van der Waals surface area contributed by atoms with E-state index < -0.39 is 0 Å². The number of carbonyl (C=O) groups excluding carboxylic acids is 1. The van der Waals surface area contributed by atoms with E-state index in [9.17, 15) is 9.59 Å². The summed E-state index contributed by atoms with van der Waals surface area (Å²) in [5, 5.41) is 9.55. The number of hydrogen-bond acceptors (Lipinski definition) is 6. The lowest BCUT2D eigenvalue weighted by Crippen LogP contribution is -2.46. The third-order valence-electron chi connectivity index (χ3n) is 5.67. The van der Waals surface area contributed by atoms with E-state index in [1.807, 2.05) is 13.0 Å². The van der Waals surface area contributed by atoms with E-state index >= 15 is 0 Å². The van der Waals surface area contributed by atoms with E-state index in [1.165, 1.54) is 18.9 Å². The number of aromatic amines is 1. The molecule has 0 bridgehead atoms. The summed E-state index contributed by atoms with van der Waals surface area (Å²) in [5.74, 6) is 2.07. The molecular weight excluding hydrogens is 370 g/mol. The fourth-order valence-corrected chi connectivity index (χ4v) is 3.62. The van der Waals surface area contributed by atoms with Crippen LogP contribution in [0, 0.1) is 5.92 Å². The molecule has 8 heteroatoms. The average molecular weight is 397 g/mol. The minimum atomic E-state index is -0.284. The zero-order chi connectivity index (χ0) is 20.2. The summed E-state index contributed by atoms with van der Waals surface area (Å²) in [6.07, 6.45) is 6.12. The van der Waals surface area contributed by atoms with Gasteiger partial charge in [-0.05, 0) is 63.3 Å². The number of piperidine rings is 1. The smallest absolute Gasteiger partial charge is 0.264 e. The van der Waals surface area contributed by atoms with E-state index in [1.54, 1.807) is 18.3 Å². The number of amides is 1. The summed E-state index contributed by atoms with van der Waals surface area (Å²) in [6.45, 7) is 4.24. The van der Waals surface area contributed by atoms with Gasteiger partial charge in [0.1, 0.15) is 11.6 Å². The van der Waals surface area contributed by atoms with Crippen molar-refractivity contribution in [3.63, 3.8) is 0 Å². The topological polar surface area (TPSA) is 100 Å². The van der Waals surface area contributed by atoms with Crippen LogP contribution in [0.1, 0.15) is 44.2 Å². The molecule has 2 aromatic rings. The first kappa shape index (κ1) is 19.6. The molecule has 1 saturated carbocycles. The molecule has 1 aliphatic heterocycles. The first-order chi connectivity index (χ1) is 14.1. The summed E-state index contributed by atoms with van der Waals surface area (Å²) in [6, 6.07) is 6.60. The lowest BCUT2D eigenvalue weighted by atomic mass is 9.93. The lowest BCUT2D eigenvalue weighted by Gasteiger charge is -2.35. The van der Waals surface area contributed by atoms with Crippen molar-refractivity contribution in [1.29, 1.82) is 0 Å². The third kappa shape index (κ3) is 5.20. The Hall–Kier alpha value is -2.74. The summed E-state index contributed by atoms with van der Waals surface area (Å²) in [5.41, 5.74) is 0.663. The molecule has 2 N–H and O–H groups in total. The highest BCUT2D eigenvalue weighted by Crippen LogP contribution is 2.29. The molecule has 1 aliphatic carbocycles. The number of nitrogens with zero attached hydrogens (tertiary/aromatic N) is 3. The number of ether oxygens (including phenoxy) is 1. The van der Waals surface area contributed by atoms with Crippen LogP contribution in [0.4, 0.5) is 5.82 Å². The maximum Gasteiger partial charge on any atom is 0.264 e. The van der Waals surface area contributed by atoms with Gasteiger partial charge in [-0.3, -0.25) is 14.5 Å². The predicted molar refractivity (Wildman–Crippen MR) is 109 cm³/mol. The largest absolute Gasteiger partial charge is 0.492 e. The van der Waals surface area contributed by atoms with Gasteiger partial charge in [0, 0.05) is 18.5 Å². The Morgan fingerprint density at radius 2 is 2.17 bits per heavy atom. The number of H-pyrrole nitrogens is 1. The van der Waals surface area contributed by atoms with Crippen LogP contribution in [0.5, 0.6) is 5.75 Å². The summed E-state index contributed by atoms with van der Waals surface area (Å²) < 4.78 is 5.68. The molecule has 0 aromatic carbocycles. The predicted octanol–water partition coefficient (Wildman–Crippen LogP) is 2.16. The standard InChI is InChI=1S/C21H27N5O3/c1-14(26-10-2-3-16(12-26)18-7-9-20(27)25-24-18)21(28)23-19-8-6-17(11-22-19)29-13-15-4-5-15/h6-9,11,14-16H,2-5,10,12-13H2,1H3,(H,25,27)(H,22,23,28). The molecular formula is C21H27N5O3. The molecule has 154 valence electrons. The summed E-state index contributed by atoms with van der Waals surface area (Å²) >= 11 is 0. The number of anilines is 1. The SMILES string of the molecule is CC(C(=O)Nc1ccc(OCC2CC2)cn1)N1CCCC(c2ccc(=O)[nH]n2)C1. The van der Waals surface area contributed by atoms with E-state index in [2.05, 4.69) is 25.4 Å². The van der Waals surface area contributed by atoms with Crippen molar-refractivity contribution in [3.8, 4) is 5.75 Å². The van der Waals surface area contributed by atoms with Crippen LogP contribution in [0.2, 0.25) is 0 Å². The molecule has 8 nitrogen and oxygen atoms in total. The molecule has 1 saturated heterocycles. The highest BCUT2D eigenvalue weighted by Gasteiger charge is 2.29. The van der Waals surface area contributed by atoms with Gasteiger partial charge in [-0.25, -0.2) is 10.1 Å². The van der Waals surface area contributed by atoms with Gasteiger partial charge in [0.05, 0.1) is 24.5 Å². The van der Waals surface area contributed by atoms with Crippen LogP contribution < -0.4 is 15.6 Å². The number of likely N-dealkylation sites (tertiary alicyclic amines) is 1. The van der Waals surface area contributed by atoms with Gasteiger partial charge in [0.25, 0.3) is 5.56 Å². The van der Waals surface area contributed by atoms with Crippen molar-refractivity contribution >= 4 is 11.7 Å². The molecule has 2 aromatic heterocycles. The molecule has 0 spiro atoms. The van der Waals surface area contributed by atoms with Crippen molar-refractivity contribution in [3.05, 3.63) is 46.5 Å². The Balaban J connectivity index is 1.31. The molecule has 3 heterocycles. The Labute approximate surface area is 169 Å². The number of nitrogens with one attached hydrogen (secondary N) is 2. The van der Waals surface area contributed by atoms with Gasteiger partial charge in [-0.1, -0.05) is 0 Å². The summed E-state index contributed by atoms with van der Waals surface area (Å²) in [7, 11) is 0. The van der Waals surface area contributed by atoms with Crippen LogP contribution in [0.25, 0.3) is 0 Å². The first-order valence-corrected chi connectivity index (χ1v) is 10.3. The number of pyridine rings is 1. The highest BCUT2D eigenvalue weighted by molar-refractivity contribution is 5.93.